The van der Waals surface area contributed by atoms with Gasteiger partial charge in [0.05, 0.1) is 0 Å². The summed E-state index contributed by atoms with van der Waals surface area (Å²) in [6.07, 6.45) is 2.44. The summed E-state index contributed by atoms with van der Waals surface area (Å²) in [6, 6.07) is 30.8. The molecule has 109 valence electrons. The van der Waals surface area contributed by atoms with Gasteiger partial charge in [-0.25, -0.2) is 0 Å². The van der Waals surface area contributed by atoms with Gasteiger partial charge in [0.25, 0.3) is 0 Å². The van der Waals surface area contributed by atoms with Crippen LogP contribution in [-0.4, -0.2) is 0 Å². The van der Waals surface area contributed by atoms with Gasteiger partial charge in [0.2, 0.25) is 0 Å². The first-order chi connectivity index (χ1) is 11.3. The molecule has 1 atom stereocenters. The molecule has 0 N–H and O–H groups in total. The van der Waals surface area contributed by atoms with E-state index in [-0.39, 0.29) is 0 Å². The van der Waals surface area contributed by atoms with Gasteiger partial charge < -0.3 is 0 Å². The summed E-state index contributed by atoms with van der Waals surface area (Å²) in [7, 11) is -0.454. The Balaban J connectivity index is 1.85. The molecule has 3 aromatic rings. The van der Waals surface area contributed by atoms with Crippen molar-refractivity contribution in [2.75, 3.05) is 0 Å². The summed E-state index contributed by atoms with van der Waals surface area (Å²) >= 11 is 1.58. The zero-order valence-electron chi connectivity index (χ0n) is 12.7. The Labute approximate surface area is 153 Å². The molecule has 0 aromatic heterocycles. The summed E-state index contributed by atoms with van der Waals surface area (Å²) < 4.78 is 0.574. The van der Waals surface area contributed by atoms with Crippen molar-refractivity contribution in [2.45, 2.75) is 3.63 Å². The number of hydrogen-bond donors (Lipinski definition) is 0. The first-order valence-corrected chi connectivity index (χ1v) is 10.5. The van der Waals surface area contributed by atoms with E-state index < -0.39 is 7.92 Å². The topological polar surface area (TPSA) is 0 Å². The molecule has 4 rings (SSSR count). The molecule has 0 heterocycles. The molecule has 0 fully saturated rings. The Morgan fingerprint density at radius 3 is 1.74 bits per heavy atom. The van der Waals surface area contributed by atoms with Gasteiger partial charge in [-0.05, 0) is 0 Å². The molecule has 0 bridgehead atoms. The summed E-state index contributed by atoms with van der Waals surface area (Å²) in [5, 5.41) is 4.48. The van der Waals surface area contributed by atoms with Crippen molar-refractivity contribution >= 4 is 24.6 Å². The second kappa shape index (κ2) is 6.68. The van der Waals surface area contributed by atoms with E-state index in [1.165, 1.54) is 21.7 Å². The Hall–Kier alpha value is -1.29. The third-order valence-electron chi connectivity index (χ3n) is 4.19. The number of allylic oxidation sites excluding steroid dienone is 1. The second-order valence-electron chi connectivity index (χ2n) is 5.64. The fraction of sp³-hybridized carbons (Fsp3) is 0.0476. The predicted octanol–water partition coefficient (Wildman–Crippen LogP) is 4.76. The summed E-state index contributed by atoms with van der Waals surface area (Å²) in [5.74, 6) is 0. The molecule has 1 aliphatic rings. The Kier molecular flexibility index (Phi) is 4.43. The maximum absolute atomic E-state index is 2.44. The van der Waals surface area contributed by atoms with Crippen molar-refractivity contribution < 1.29 is 24.7 Å². The quantitative estimate of drug-likeness (QED) is 0.566. The van der Waals surface area contributed by atoms with Crippen LogP contribution in [0.3, 0.4) is 0 Å². The number of benzene rings is 3. The van der Waals surface area contributed by atoms with Crippen molar-refractivity contribution in [1.82, 2.24) is 0 Å². The first-order valence-electron chi connectivity index (χ1n) is 7.76. The van der Waals surface area contributed by atoms with Gasteiger partial charge in [-0.15, -0.1) is 0 Å². The minimum atomic E-state index is -0.454. The fourth-order valence-electron chi connectivity index (χ4n) is 3.10. The summed E-state index contributed by atoms with van der Waals surface area (Å²) in [6.45, 7) is 0. The van der Waals surface area contributed by atoms with E-state index in [4.69, 9.17) is 0 Å². The van der Waals surface area contributed by atoms with Crippen LogP contribution < -0.4 is 10.6 Å². The van der Waals surface area contributed by atoms with Gasteiger partial charge in [-0.3, -0.25) is 0 Å². The van der Waals surface area contributed by atoms with Gasteiger partial charge in [-0.1, -0.05) is 0 Å². The van der Waals surface area contributed by atoms with Crippen LogP contribution in [0.2, 0.25) is 0 Å². The van der Waals surface area contributed by atoms with Gasteiger partial charge in [-0.2, -0.15) is 0 Å². The Morgan fingerprint density at radius 2 is 1.17 bits per heavy atom. The number of hydrogen-bond acceptors (Lipinski definition) is 0. The van der Waals surface area contributed by atoms with Gasteiger partial charge in [0.15, 0.2) is 0 Å². The molecule has 0 saturated heterocycles. The number of rotatable bonds is 3. The molecular weight excluding hydrogens is 374 g/mol. The first kappa shape index (κ1) is 15.3. The van der Waals surface area contributed by atoms with Crippen LogP contribution in [0.4, 0.5) is 0 Å². The number of fused-ring (bicyclic) bond motifs is 1. The van der Waals surface area contributed by atoms with Crippen molar-refractivity contribution in [3.63, 3.8) is 0 Å². The van der Waals surface area contributed by atoms with E-state index in [1.807, 2.05) is 0 Å². The predicted molar refractivity (Wildman–Crippen MR) is 96.2 cm³/mol. The van der Waals surface area contributed by atoms with Crippen molar-refractivity contribution in [3.8, 4) is 0 Å². The van der Waals surface area contributed by atoms with Crippen molar-refractivity contribution in [1.29, 1.82) is 0 Å². The minimum absolute atomic E-state index is 0.454. The molecule has 1 aliphatic carbocycles. The van der Waals surface area contributed by atoms with Crippen LogP contribution in [0.25, 0.3) is 6.08 Å². The normalized spacial score (nSPS) is 16.2. The second-order valence-corrected chi connectivity index (χ2v) is 9.28. The van der Waals surface area contributed by atoms with E-state index in [9.17, 15) is 0 Å². The third-order valence-corrected chi connectivity index (χ3v) is 8.85. The monoisotopic (exact) mass is 389 g/mol. The molecule has 2 heteroatoms. The van der Waals surface area contributed by atoms with Crippen molar-refractivity contribution in [2.24, 2.45) is 0 Å². The molecule has 23 heavy (non-hydrogen) atoms. The van der Waals surface area contributed by atoms with Crippen LogP contribution in [0, 0.1) is 0 Å². The van der Waals surface area contributed by atoms with Crippen molar-refractivity contribution in [3.05, 3.63) is 101 Å². The molecular formula is C21H16PZr. The Morgan fingerprint density at radius 1 is 0.652 bits per heavy atom. The van der Waals surface area contributed by atoms with Crippen LogP contribution in [0.1, 0.15) is 14.8 Å². The van der Waals surface area contributed by atoms with Gasteiger partial charge in [0, 0.05) is 0 Å². The zero-order valence-corrected chi connectivity index (χ0v) is 16.0. The Bertz CT molecular complexity index is 800. The molecule has 0 radical (unpaired) electrons. The molecule has 0 nitrogen and oxygen atoms in total. The van der Waals surface area contributed by atoms with Crippen LogP contribution in [0.5, 0.6) is 0 Å². The standard InChI is InChI=1S/C21H16P.Zr/c1-3-11-19(12-4-1)22(20-13-5-2-6-14-20)21-15-17-9-7-8-10-18(17)16-21;/h1-16H;. The van der Waals surface area contributed by atoms with Gasteiger partial charge in [0.1, 0.15) is 0 Å². The molecule has 3 aromatic carbocycles. The van der Waals surface area contributed by atoms with E-state index in [1.54, 1.807) is 30.0 Å². The van der Waals surface area contributed by atoms with E-state index in [0.717, 1.165) is 0 Å². The van der Waals surface area contributed by atoms with Crippen LogP contribution in [-0.2, 0) is 24.7 Å². The maximum atomic E-state index is 2.44. The fourth-order valence-corrected chi connectivity index (χ4v) is 7.41. The SMILES string of the molecule is [Zr][CH]1C(P(c2ccccc2)c2ccccc2)=Cc2ccccc21. The molecule has 0 spiro atoms. The van der Waals surface area contributed by atoms with E-state index >= 15 is 0 Å². The summed E-state index contributed by atoms with van der Waals surface area (Å²) in [4.78, 5) is 0. The van der Waals surface area contributed by atoms with E-state index in [0.29, 0.717) is 3.63 Å². The molecule has 0 aliphatic heterocycles. The van der Waals surface area contributed by atoms with Crippen LogP contribution in [0.15, 0.2) is 90.2 Å². The van der Waals surface area contributed by atoms with Crippen LogP contribution >= 0.6 is 7.92 Å². The third kappa shape index (κ3) is 2.93. The molecule has 1 unspecified atom stereocenters. The summed E-state index contributed by atoms with van der Waals surface area (Å²) in [5.41, 5.74) is 2.91. The molecule has 0 amide bonds. The zero-order chi connectivity index (χ0) is 15.6. The van der Waals surface area contributed by atoms with Gasteiger partial charge >= 0.3 is 154 Å². The average Bonchev–Trinajstić information content (AvgIpc) is 2.94. The molecule has 0 saturated carbocycles. The van der Waals surface area contributed by atoms with E-state index in [2.05, 4.69) is 91.0 Å². The average molecular weight is 391 g/mol.